The minimum absolute atomic E-state index is 0.0284. The third kappa shape index (κ3) is 5.98. The molecule has 39 heavy (non-hydrogen) atoms. The molecule has 4 heterocycles. The van der Waals surface area contributed by atoms with E-state index in [0.29, 0.717) is 29.5 Å². The largest absolute Gasteiger partial charge is 0.306 e. The Kier molecular flexibility index (Phi) is 10.3. The smallest absolute Gasteiger partial charge is 0.261 e. The Morgan fingerprint density at radius 3 is 1.90 bits per heavy atom. The normalized spacial score (nSPS) is 19.7. The molecule has 0 saturated carbocycles. The number of hydrogen-bond donors (Lipinski definition) is 0. The molecule has 0 aliphatic carbocycles. The number of carbonyl (C=O) groups excluding carboxylic acids is 2. The summed E-state index contributed by atoms with van der Waals surface area (Å²) in [6.07, 6.45) is 14.2. The SMILES string of the molecule is CCCCCCN1C(=O)C2=C(c3ccc(C(C)(CC)CC)s3)N(CCCCCC)C(=O)C2=C1C1=CCC(C)S1. The first-order chi connectivity index (χ1) is 18.8. The topological polar surface area (TPSA) is 40.6 Å². The molecule has 0 saturated heterocycles. The lowest BCUT2D eigenvalue weighted by molar-refractivity contribution is -0.124. The van der Waals surface area contributed by atoms with Crippen LogP contribution >= 0.6 is 23.1 Å². The number of rotatable bonds is 15. The molecule has 0 bridgehead atoms. The van der Waals surface area contributed by atoms with E-state index in [1.807, 2.05) is 21.6 Å². The van der Waals surface area contributed by atoms with Crippen LogP contribution in [0.25, 0.3) is 5.70 Å². The molecule has 1 atom stereocenters. The Bertz CT molecular complexity index is 1150. The molecule has 214 valence electrons. The monoisotopic (exact) mass is 568 g/mol. The molecule has 6 heteroatoms. The first-order valence-electron chi connectivity index (χ1n) is 15.4. The number of carbonyl (C=O) groups is 2. The molecule has 1 aromatic rings. The number of amides is 2. The molecule has 1 unspecified atom stereocenters. The van der Waals surface area contributed by atoms with Crippen molar-refractivity contribution in [2.75, 3.05) is 13.1 Å². The van der Waals surface area contributed by atoms with Crippen molar-refractivity contribution in [3.8, 4) is 0 Å². The van der Waals surface area contributed by atoms with Gasteiger partial charge in [-0.15, -0.1) is 23.1 Å². The minimum Gasteiger partial charge on any atom is -0.306 e. The number of thiophene rings is 1. The van der Waals surface area contributed by atoms with Gasteiger partial charge in [-0.2, -0.15) is 0 Å². The molecule has 0 radical (unpaired) electrons. The Morgan fingerprint density at radius 1 is 0.821 bits per heavy atom. The van der Waals surface area contributed by atoms with Crippen LogP contribution in [-0.2, 0) is 15.0 Å². The molecule has 4 nitrogen and oxygen atoms in total. The second-order valence-corrected chi connectivity index (χ2v) is 14.2. The fourth-order valence-electron chi connectivity index (χ4n) is 5.86. The van der Waals surface area contributed by atoms with Gasteiger partial charge in [-0.25, -0.2) is 0 Å². The van der Waals surface area contributed by atoms with Crippen molar-refractivity contribution in [1.82, 2.24) is 9.80 Å². The second kappa shape index (κ2) is 13.2. The summed E-state index contributed by atoms with van der Waals surface area (Å²) < 4.78 is 0. The number of nitrogens with zero attached hydrogens (tertiary/aromatic N) is 2. The van der Waals surface area contributed by atoms with Crippen LogP contribution in [0.15, 0.2) is 40.0 Å². The van der Waals surface area contributed by atoms with Crippen LogP contribution in [0.3, 0.4) is 0 Å². The van der Waals surface area contributed by atoms with Gasteiger partial charge in [-0.1, -0.05) is 86.1 Å². The molecule has 0 N–H and O–H groups in total. The van der Waals surface area contributed by atoms with Crippen LogP contribution in [0, 0.1) is 0 Å². The van der Waals surface area contributed by atoms with Crippen molar-refractivity contribution in [2.45, 2.75) is 123 Å². The van der Waals surface area contributed by atoms with Crippen molar-refractivity contribution in [2.24, 2.45) is 0 Å². The van der Waals surface area contributed by atoms with Crippen molar-refractivity contribution < 1.29 is 9.59 Å². The van der Waals surface area contributed by atoms with E-state index in [1.54, 1.807) is 11.3 Å². The zero-order valence-corrected chi connectivity index (χ0v) is 26.7. The standard InChI is InChI=1S/C33H48N2O2S2/c1-7-11-13-15-21-34-29(24-18-17-23(5)38-24)27-28(32(34)37)30(35(31(27)36)22-16-14-12-8-2)25-19-20-26(39-25)33(6,9-3)10-4/h18-20,23H,7-17,21-22H2,1-6H3. The lowest BCUT2D eigenvalue weighted by Crippen LogP contribution is -2.31. The van der Waals surface area contributed by atoms with E-state index in [0.717, 1.165) is 79.0 Å². The molecular formula is C33H48N2O2S2. The summed E-state index contributed by atoms with van der Waals surface area (Å²) in [6.45, 7) is 14.8. The summed E-state index contributed by atoms with van der Waals surface area (Å²) >= 11 is 3.60. The number of hydrogen-bond acceptors (Lipinski definition) is 4. The van der Waals surface area contributed by atoms with Gasteiger partial charge in [-0.3, -0.25) is 9.59 Å². The van der Waals surface area contributed by atoms with Crippen molar-refractivity contribution in [3.05, 3.63) is 49.7 Å². The van der Waals surface area contributed by atoms with Gasteiger partial charge in [0.05, 0.1) is 27.4 Å². The third-order valence-corrected chi connectivity index (χ3v) is 11.5. The number of fused-ring (bicyclic) bond motifs is 1. The Morgan fingerprint density at radius 2 is 1.38 bits per heavy atom. The Hall–Kier alpha value is -1.79. The summed E-state index contributed by atoms with van der Waals surface area (Å²) in [5.74, 6) is 0.0568. The zero-order chi connectivity index (χ0) is 28.2. The van der Waals surface area contributed by atoms with Crippen LogP contribution in [-0.4, -0.2) is 40.0 Å². The quantitative estimate of drug-likeness (QED) is 0.198. The van der Waals surface area contributed by atoms with Crippen molar-refractivity contribution >= 4 is 40.6 Å². The van der Waals surface area contributed by atoms with E-state index < -0.39 is 0 Å². The molecule has 3 aliphatic rings. The highest BCUT2D eigenvalue weighted by Gasteiger charge is 2.49. The van der Waals surface area contributed by atoms with E-state index >= 15 is 0 Å². The fraction of sp³-hybridized carbons (Fsp3) is 0.636. The Balaban J connectivity index is 1.82. The average Bonchev–Trinajstić information content (AvgIpc) is 3.70. The van der Waals surface area contributed by atoms with Gasteiger partial charge in [0.25, 0.3) is 11.8 Å². The van der Waals surface area contributed by atoms with Gasteiger partial charge in [0.1, 0.15) is 0 Å². The van der Waals surface area contributed by atoms with Crippen LogP contribution in [0.5, 0.6) is 0 Å². The van der Waals surface area contributed by atoms with E-state index in [9.17, 15) is 9.59 Å². The highest BCUT2D eigenvalue weighted by molar-refractivity contribution is 8.04. The summed E-state index contributed by atoms with van der Waals surface area (Å²) in [6, 6.07) is 4.41. The summed E-state index contributed by atoms with van der Waals surface area (Å²) in [5.41, 5.74) is 3.19. The second-order valence-electron chi connectivity index (χ2n) is 11.6. The molecule has 4 rings (SSSR count). The van der Waals surface area contributed by atoms with E-state index in [2.05, 4.69) is 59.8 Å². The van der Waals surface area contributed by atoms with Gasteiger partial charge in [-0.05, 0) is 44.2 Å². The fourth-order valence-corrected chi connectivity index (χ4v) is 8.35. The first-order valence-corrected chi connectivity index (χ1v) is 17.1. The Labute approximate surface area is 245 Å². The molecule has 2 amide bonds. The minimum atomic E-state index is 0.0284. The van der Waals surface area contributed by atoms with Gasteiger partial charge >= 0.3 is 0 Å². The molecule has 0 spiro atoms. The molecule has 1 aromatic heterocycles. The number of allylic oxidation sites excluding steroid dienone is 1. The molecule has 3 aliphatic heterocycles. The van der Waals surface area contributed by atoms with E-state index in [1.165, 1.54) is 17.7 Å². The maximum atomic E-state index is 14.3. The predicted octanol–water partition coefficient (Wildman–Crippen LogP) is 9.05. The summed E-state index contributed by atoms with van der Waals surface area (Å²) in [7, 11) is 0. The highest BCUT2D eigenvalue weighted by Crippen LogP contribution is 2.51. The lowest BCUT2D eigenvalue weighted by atomic mass is 9.83. The maximum absolute atomic E-state index is 14.3. The van der Waals surface area contributed by atoms with Crippen LogP contribution in [0.1, 0.15) is 122 Å². The van der Waals surface area contributed by atoms with Gasteiger partial charge in [0.2, 0.25) is 0 Å². The van der Waals surface area contributed by atoms with Gasteiger partial charge in [0, 0.05) is 33.5 Å². The van der Waals surface area contributed by atoms with E-state index in [4.69, 9.17) is 0 Å². The lowest BCUT2D eigenvalue weighted by Gasteiger charge is -2.26. The van der Waals surface area contributed by atoms with Crippen LogP contribution in [0.2, 0.25) is 0 Å². The third-order valence-electron chi connectivity index (χ3n) is 8.84. The average molecular weight is 569 g/mol. The number of thioether (sulfide) groups is 1. The summed E-state index contributed by atoms with van der Waals surface area (Å²) in [4.78, 5) is 36.0. The molecule has 0 aromatic carbocycles. The van der Waals surface area contributed by atoms with Gasteiger partial charge in [0.15, 0.2) is 0 Å². The summed E-state index contributed by atoms with van der Waals surface area (Å²) in [5, 5.41) is 0.472. The van der Waals surface area contributed by atoms with Crippen LogP contribution < -0.4 is 0 Å². The van der Waals surface area contributed by atoms with E-state index in [-0.39, 0.29) is 17.2 Å². The maximum Gasteiger partial charge on any atom is 0.261 e. The highest BCUT2D eigenvalue weighted by atomic mass is 32.2. The van der Waals surface area contributed by atoms with Gasteiger partial charge < -0.3 is 9.80 Å². The van der Waals surface area contributed by atoms with Crippen molar-refractivity contribution in [3.63, 3.8) is 0 Å². The van der Waals surface area contributed by atoms with Crippen LogP contribution in [0.4, 0.5) is 0 Å². The van der Waals surface area contributed by atoms with Crippen molar-refractivity contribution in [1.29, 1.82) is 0 Å². The zero-order valence-electron chi connectivity index (χ0n) is 25.0. The predicted molar refractivity (Wildman–Crippen MR) is 168 cm³/mol. The first kappa shape index (κ1) is 30.2. The number of unbranched alkanes of at least 4 members (excludes halogenated alkanes) is 6. The molecular weight excluding hydrogens is 521 g/mol. The molecule has 0 fully saturated rings.